The number of benzene rings is 1. The topological polar surface area (TPSA) is 95.2 Å². The Morgan fingerprint density at radius 1 is 1.38 bits per heavy atom. The first kappa shape index (κ1) is 16.5. The van der Waals surface area contributed by atoms with Gasteiger partial charge in [-0.05, 0) is 35.6 Å². The zero-order valence-electron chi connectivity index (χ0n) is 13.8. The molecule has 2 aromatic rings. The number of hydrogen-bond donors (Lipinski definition) is 2. The molecule has 0 spiro atoms. The van der Waals surface area contributed by atoms with Gasteiger partial charge in [-0.3, -0.25) is 14.6 Å². The van der Waals surface area contributed by atoms with Crippen LogP contribution in [0.25, 0.3) is 0 Å². The van der Waals surface area contributed by atoms with Crippen molar-refractivity contribution in [1.29, 1.82) is 0 Å². The Labute approximate surface area is 141 Å². The number of H-pyrrole nitrogens is 1. The summed E-state index contributed by atoms with van der Waals surface area (Å²) in [6, 6.07) is 4.90. The normalized spacial score (nSPS) is 16.5. The van der Waals surface area contributed by atoms with Gasteiger partial charge in [0, 0.05) is 25.4 Å². The Bertz CT molecular complexity index is 873. The lowest BCUT2D eigenvalue weighted by molar-refractivity contribution is -0.116. The molecule has 0 bridgehead atoms. The maximum atomic E-state index is 12.6. The average molecular weight is 348 g/mol. The van der Waals surface area contributed by atoms with Crippen LogP contribution in [-0.2, 0) is 20.2 Å². The fraction of sp³-hybridized carbons (Fsp3) is 0.375. The molecule has 0 aliphatic carbocycles. The number of sulfonamides is 1. The van der Waals surface area contributed by atoms with Crippen LogP contribution in [-0.4, -0.2) is 31.1 Å². The van der Waals surface area contributed by atoms with E-state index < -0.39 is 10.0 Å². The highest BCUT2D eigenvalue weighted by atomic mass is 32.2. The van der Waals surface area contributed by atoms with Crippen LogP contribution in [0.4, 0.5) is 11.4 Å². The minimum absolute atomic E-state index is 0.0427. The van der Waals surface area contributed by atoms with Gasteiger partial charge in [-0.15, -0.1) is 0 Å². The predicted octanol–water partition coefficient (Wildman–Crippen LogP) is 2.24. The number of carbonyl (C=O) groups is 1. The molecule has 0 atom stereocenters. The van der Waals surface area contributed by atoms with Crippen molar-refractivity contribution in [3.63, 3.8) is 0 Å². The minimum Gasteiger partial charge on any atom is -0.312 e. The van der Waals surface area contributed by atoms with Crippen molar-refractivity contribution in [3.05, 3.63) is 36.2 Å². The molecule has 0 radical (unpaired) electrons. The number of carbonyl (C=O) groups excluding carboxylic acids is 1. The molecule has 0 unspecified atom stereocenters. The summed E-state index contributed by atoms with van der Waals surface area (Å²) in [4.78, 5) is 13.7. The Morgan fingerprint density at radius 3 is 2.75 bits per heavy atom. The first-order valence-corrected chi connectivity index (χ1v) is 9.13. The van der Waals surface area contributed by atoms with Crippen LogP contribution in [0.15, 0.2) is 35.5 Å². The first-order chi connectivity index (χ1) is 11.2. The van der Waals surface area contributed by atoms with E-state index in [1.54, 1.807) is 17.0 Å². The fourth-order valence-electron chi connectivity index (χ4n) is 2.95. The van der Waals surface area contributed by atoms with E-state index in [1.807, 2.05) is 0 Å². The summed E-state index contributed by atoms with van der Waals surface area (Å²) in [5, 5.41) is 6.29. The quantitative estimate of drug-likeness (QED) is 0.889. The fourth-order valence-corrected chi connectivity index (χ4v) is 4.01. The second kappa shape index (κ2) is 5.62. The second-order valence-electron chi connectivity index (χ2n) is 6.58. The Morgan fingerprint density at radius 2 is 2.12 bits per heavy atom. The number of amides is 1. The van der Waals surface area contributed by atoms with Crippen molar-refractivity contribution < 1.29 is 13.2 Å². The molecule has 1 aromatic carbocycles. The van der Waals surface area contributed by atoms with Crippen molar-refractivity contribution in [3.8, 4) is 0 Å². The Balaban J connectivity index is 2.05. The monoisotopic (exact) mass is 348 g/mol. The molecular weight excluding hydrogens is 328 g/mol. The van der Waals surface area contributed by atoms with Crippen LogP contribution in [0.3, 0.4) is 0 Å². The molecule has 1 aliphatic heterocycles. The first-order valence-electron chi connectivity index (χ1n) is 7.65. The van der Waals surface area contributed by atoms with Gasteiger partial charge < -0.3 is 4.90 Å². The Kier molecular flexibility index (Phi) is 3.87. The van der Waals surface area contributed by atoms with Crippen molar-refractivity contribution in [2.45, 2.75) is 37.5 Å². The van der Waals surface area contributed by atoms with E-state index >= 15 is 0 Å². The van der Waals surface area contributed by atoms with Gasteiger partial charge in [0.1, 0.15) is 0 Å². The summed E-state index contributed by atoms with van der Waals surface area (Å²) in [5.74, 6) is -0.0427. The summed E-state index contributed by atoms with van der Waals surface area (Å²) in [5.41, 5.74) is 1.81. The highest BCUT2D eigenvalue weighted by Crippen LogP contribution is 2.40. The molecule has 8 heteroatoms. The average Bonchev–Trinajstić information content (AvgIpc) is 2.98. The number of fused-ring (bicyclic) bond motifs is 1. The van der Waals surface area contributed by atoms with Crippen LogP contribution in [0.2, 0.25) is 0 Å². The van der Waals surface area contributed by atoms with E-state index in [4.69, 9.17) is 0 Å². The largest absolute Gasteiger partial charge is 0.312 e. The zero-order valence-corrected chi connectivity index (χ0v) is 14.6. The van der Waals surface area contributed by atoms with E-state index in [0.717, 1.165) is 17.7 Å². The third kappa shape index (κ3) is 2.89. The van der Waals surface area contributed by atoms with Gasteiger partial charge in [0.25, 0.3) is 10.0 Å². The molecule has 0 saturated heterocycles. The molecule has 0 saturated carbocycles. The van der Waals surface area contributed by atoms with E-state index in [9.17, 15) is 13.2 Å². The van der Waals surface area contributed by atoms with Gasteiger partial charge in [0.15, 0.2) is 0 Å². The van der Waals surface area contributed by atoms with Crippen LogP contribution in [0.5, 0.6) is 0 Å². The van der Waals surface area contributed by atoms with Gasteiger partial charge in [-0.2, -0.15) is 5.10 Å². The summed E-state index contributed by atoms with van der Waals surface area (Å²) in [6.45, 7) is 6.27. The lowest BCUT2D eigenvalue weighted by atomic mass is 9.77. The summed E-state index contributed by atoms with van der Waals surface area (Å²) in [6.07, 6.45) is 3.65. The highest BCUT2D eigenvalue weighted by Gasteiger charge is 2.34. The predicted molar refractivity (Wildman–Crippen MR) is 91.5 cm³/mol. The number of aromatic nitrogens is 2. The van der Waals surface area contributed by atoms with Crippen molar-refractivity contribution in [2.24, 2.45) is 0 Å². The van der Waals surface area contributed by atoms with Crippen molar-refractivity contribution in [2.75, 3.05) is 16.2 Å². The maximum absolute atomic E-state index is 12.6. The van der Waals surface area contributed by atoms with Crippen molar-refractivity contribution >= 4 is 27.3 Å². The molecule has 24 heavy (non-hydrogen) atoms. The van der Waals surface area contributed by atoms with Crippen LogP contribution < -0.4 is 9.62 Å². The molecule has 2 heterocycles. The summed E-state index contributed by atoms with van der Waals surface area (Å²) in [7, 11) is -3.72. The van der Waals surface area contributed by atoms with Gasteiger partial charge in [0.05, 0.1) is 16.8 Å². The number of anilines is 2. The van der Waals surface area contributed by atoms with Gasteiger partial charge in [-0.25, -0.2) is 8.42 Å². The molecule has 2 N–H and O–H groups in total. The Hall–Kier alpha value is -2.35. The summed E-state index contributed by atoms with van der Waals surface area (Å²) >= 11 is 0. The second-order valence-corrected chi connectivity index (χ2v) is 8.26. The van der Waals surface area contributed by atoms with Crippen LogP contribution in [0, 0.1) is 0 Å². The van der Waals surface area contributed by atoms with E-state index in [-0.39, 0.29) is 16.2 Å². The highest BCUT2D eigenvalue weighted by molar-refractivity contribution is 7.92. The number of aromatic amines is 1. The molecule has 1 aliphatic rings. The number of nitrogens with one attached hydrogen (secondary N) is 2. The van der Waals surface area contributed by atoms with E-state index in [2.05, 4.69) is 28.8 Å². The van der Waals surface area contributed by atoms with Crippen LogP contribution >= 0.6 is 0 Å². The van der Waals surface area contributed by atoms with Gasteiger partial charge >= 0.3 is 0 Å². The molecule has 3 rings (SSSR count). The minimum atomic E-state index is -3.72. The molecule has 1 aromatic heterocycles. The third-order valence-corrected chi connectivity index (χ3v) is 5.77. The van der Waals surface area contributed by atoms with Crippen LogP contribution in [0.1, 0.15) is 32.8 Å². The molecular formula is C16H20N4O3S. The third-order valence-electron chi connectivity index (χ3n) is 4.39. The number of nitrogens with zero attached hydrogens (tertiary/aromatic N) is 2. The summed E-state index contributed by atoms with van der Waals surface area (Å²) < 4.78 is 27.6. The van der Waals surface area contributed by atoms with Gasteiger partial charge in [0.2, 0.25) is 5.91 Å². The number of rotatable bonds is 3. The van der Waals surface area contributed by atoms with E-state index in [0.29, 0.717) is 12.2 Å². The lowest BCUT2D eigenvalue weighted by Gasteiger charge is -2.39. The molecule has 128 valence electrons. The van der Waals surface area contributed by atoms with E-state index in [1.165, 1.54) is 25.4 Å². The lowest BCUT2D eigenvalue weighted by Crippen LogP contribution is -2.40. The standard InChI is InChI=1S/C16H20N4O3S/c1-11(21)20-7-6-16(2,3)14-8-13(4-5-15(14)20)24(22,23)19-12-9-17-18-10-12/h4-5,8-10,19H,6-7H2,1-3H3,(H,17,18). The molecule has 7 nitrogen and oxygen atoms in total. The molecule has 0 fully saturated rings. The smallest absolute Gasteiger partial charge is 0.262 e. The zero-order chi connectivity index (χ0) is 17.5. The number of hydrogen-bond acceptors (Lipinski definition) is 4. The van der Waals surface area contributed by atoms with Gasteiger partial charge in [-0.1, -0.05) is 13.8 Å². The van der Waals surface area contributed by atoms with Crippen molar-refractivity contribution in [1.82, 2.24) is 10.2 Å². The molecule has 1 amide bonds. The maximum Gasteiger partial charge on any atom is 0.262 e. The SMILES string of the molecule is CC(=O)N1CCC(C)(C)c2cc(S(=O)(=O)Nc3cn[nH]c3)ccc21.